The van der Waals surface area contributed by atoms with Gasteiger partial charge in [0.1, 0.15) is 17.7 Å². The lowest BCUT2D eigenvalue weighted by Gasteiger charge is -2.10. The zero-order valence-corrected chi connectivity index (χ0v) is 17.3. The van der Waals surface area contributed by atoms with Gasteiger partial charge in [0, 0.05) is 16.8 Å². The summed E-state index contributed by atoms with van der Waals surface area (Å²) in [5.74, 6) is -0.385. The molecular formula is C23H17FN4O2S. The largest absolute Gasteiger partial charge is 0.282 e. The van der Waals surface area contributed by atoms with Gasteiger partial charge in [0.25, 0.3) is 0 Å². The third kappa shape index (κ3) is 3.25. The molecule has 0 amide bonds. The summed E-state index contributed by atoms with van der Waals surface area (Å²) in [4.78, 5) is 4.72. The highest BCUT2D eigenvalue weighted by Crippen LogP contribution is 2.33. The van der Waals surface area contributed by atoms with Gasteiger partial charge in [-0.15, -0.1) is 5.10 Å². The summed E-state index contributed by atoms with van der Waals surface area (Å²) in [7, 11) is -3.31. The molecule has 1 aliphatic carbocycles. The Labute approximate surface area is 178 Å². The summed E-state index contributed by atoms with van der Waals surface area (Å²) in [5, 5.41) is 8.33. The zero-order valence-electron chi connectivity index (χ0n) is 16.5. The minimum Gasteiger partial charge on any atom is -0.282 e. The normalized spacial score (nSPS) is 13.3. The molecule has 0 unspecified atom stereocenters. The van der Waals surface area contributed by atoms with Crippen LogP contribution in [0.1, 0.15) is 6.92 Å². The van der Waals surface area contributed by atoms with Gasteiger partial charge in [0.15, 0.2) is 15.5 Å². The Kier molecular flexibility index (Phi) is 4.51. The second kappa shape index (κ2) is 7.24. The monoisotopic (exact) mass is 432 g/mol. The molecule has 0 saturated carbocycles. The number of rotatable bonds is 5. The van der Waals surface area contributed by atoms with Crippen LogP contribution in [0.2, 0.25) is 0 Å². The molecule has 8 heteroatoms. The van der Waals surface area contributed by atoms with Gasteiger partial charge in [-0.2, -0.15) is 5.10 Å². The molecule has 5 rings (SSSR count). The van der Waals surface area contributed by atoms with Gasteiger partial charge in [-0.1, -0.05) is 31.2 Å². The number of benzene rings is 2. The van der Waals surface area contributed by atoms with E-state index in [4.69, 9.17) is 0 Å². The van der Waals surface area contributed by atoms with E-state index in [9.17, 15) is 12.8 Å². The Hall–Kier alpha value is -3.65. The minimum atomic E-state index is -3.31. The molecule has 6 nitrogen and oxygen atoms in total. The van der Waals surface area contributed by atoms with E-state index in [0.29, 0.717) is 22.3 Å². The van der Waals surface area contributed by atoms with E-state index in [-0.39, 0.29) is 10.6 Å². The fourth-order valence-corrected chi connectivity index (χ4v) is 4.38. The Morgan fingerprint density at radius 2 is 1.77 bits per heavy atom. The summed E-state index contributed by atoms with van der Waals surface area (Å²) < 4.78 is 40.6. The van der Waals surface area contributed by atoms with Crippen LogP contribution in [-0.4, -0.2) is 33.9 Å². The zero-order chi connectivity index (χ0) is 21.6. The standard InChI is InChI=1S/C23H17FN4O2S/c1-2-31(29,30)18-9-6-15(7-10-18)19-12-16(8-11-21(19)24)20-13-26-27-23-22(20)25-14-28(23)17-4-3-5-17/h3-14H,2H2,1H3. The first-order chi connectivity index (χ1) is 15.0. The van der Waals surface area contributed by atoms with Crippen molar-refractivity contribution in [2.75, 3.05) is 5.75 Å². The van der Waals surface area contributed by atoms with Crippen molar-refractivity contribution in [1.82, 2.24) is 19.7 Å². The van der Waals surface area contributed by atoms with E-state index >= 15 is 0 Å². The highest BCUT2D eigenvalue weighted by atomic mass is 32.2. The molecule has 0 atom stereocenters. The minimum absolute atomic E-state index is 0.0145. The lowest BCUT2D eigenvalue weighted by atomic mass is 9.99. The predicted molar refractivity (Wildman–Crippen MR) is 117 cm³/mol. The highest BCUT2D eigenvalue weighted by Gasteiger charge is 2.16. The Bertz CT molecular complexity index is 1490. The van der Waals surface area contributed by atoms with Crippen molar-refractivity contribution in [1.29, 1.82) is 0 Å². The lowest BCUT2D eigenvalue weighted by Crippen LogP contribution is -2.03. The number of hydrogen-bond donors (Lipinski definition) is 0. The van der Waals surface area contributed by atoms with Crippen molar-refractivity contribution in [3.05, 3.63) is 79.0 Å². The number of imidazole rings is 1. The molecular weight excluding hydrogens is 415 g/mol. The van der Waals surface area contributed by atoms with Gasteiger partial charge in [-0.05, 0) is 47.5 Å². The van der Waals surface area contributed by atoms with E-state index in [2.05, 4.69) is 15.2 Å². The van der Waals surface area contributed by atoms with E-state index in [0.717, 1.165) is 16.8 Å². The van der Waals surface area contributed by atoms with E-state index < -0.39 is 15.7 Å². The molecule has 0 spiro atoms. The first kappa shape index (κ1) is 19.3. The fourth-order valence-electron chi connectivity index (χ4n) is 3.50. The second-order valence-electron chi connectivity index (χ2n) is 7.12. The van der Waals surface area contributed by atoms with Crippen LogP contribution in [0.15, 0.2) is 78.1 Å². The van der Waals surface area contributed by atoms with Crippen molar-refractivity contribution in [3.8, 4) is 22.3 Å². The summed E-state index contributed by atoms with van der Waals surface area (Å²) in [6.07, 6.45) is 9.14. The molecule has 1 aliphatic rings. The molecule has 2 heterocycles. The van der Waals surface area contributed by atoms with Crippen molar-refractivity contribution in [2.45, 2.75) is 11.8 Å². The number of fused-ring (bicyclic) bond motifs is 1. The van der Waals surface area contributed by atoms with Gasteiger partial charge >= 0.3 is 0 Å². The maximum atomic E-state index is 14.7. The molecule has 0 saturated heterocycles. The third-order valence-corrected chi connectivity index (χ3v) is 7.08. The maximum absolute atomic E-state index is 14.7. The molecule has 31 heavy (non-hydrogen) atoms. The van der Waals surface area contributed by atoms with Crippen LogP contribution < -0.4 is 0 Å². The summed E-state index contributed by atoms with van der Waals surface area (Å²) in [6.45, 7) is 1.59. The molecule has 154 valence electrons. The van der Waals surface area contributed by atoms with Crippen LogP contribution in [0.25, 0.3) is 39.1 Å². The number of sulfone groups is 1. The highest BCUT2D eigenvalue weighted by molar-refractivity contribution is 7.91. The molecule has 4 aromatic rings. The summed E-state index contributed by atoms with van der Waals surface area (Å²) in [6, 6.07) is 11.0. The number of allylic oxidation sites excluding steroid dienone is 4. The van der Waals surface area contributed by atoms with Crippen LogP contribution in [0.3, 0.4) is 0 Å². The molecule has 0 radical (unpaired) electrons. The lowest BCUT2D eigenvalue weighted by molar-refractivity contribution is 0.597. The van der Waals surface area contributed by atoms with E-state index in [1.54, 1.807) is 43.7 Å². The van der Waals surface area contributed by atoms with Crippen molar-refractivity contribution in [3.63, 3.8) is 0 Å². The first-order valence-corrected chi connectivity index (χ1v) is 11.3. The van der Waals surface area contributed by atoms with Crippen LogP contribution in [0, 0.1) is 5.82 Å². The van der Waals surface area contributed by atoms with Crippen LogP contribution in [0.4, 0.5) is 4.39 Å². The average molecular weight is 432 g/mol. The molecule has 0 bridgehead atoms. The van der Waals surface area contributed by atoms with Crippen molar-refractivity contribution < 1.29 is 12.8 Å². The van der Waals surface area contributed by atoms with Crippen LogP contribution in [0.5, 0.6) is 0 Å². The number of aromatic nitrogens is 4. The quantitative estimate of drug-likeness (QED) is 0.464. The predicted octanol–water partition coefficient (Wildman–Crippen LogP) is 4.50. The average Bonchev–Trinajstić information content (AvgIpc) is 3.17. The third-order valence-electron chi connectivity index (χ3n) is 5.33. The maximum Gasteiger partial charge on any atom is 0.187 e. The van der Waals surface area contributed by atoms with Gasteiger partial charge in [-0.25, -0.2) is 17.8 Å². The van der Waals surface area contributed by atoms with Gasteiger partial charge < -0.3 is 0 Å². The number of nitrogens with zero attached hydrogens (tertiary/aromatic N) is 4. The summed E-state index contributed by atoms with van der Waals surface area (Å²) in [5.41, 5.74) is 4.68. The molecule has 0 N–H and O–H groups in total. The first-order valence-electron chi connectivity index (χ1n) is 9.68. The Morgan fingerprint density at radius 3 is 2.45 bits per heavy atom. The molecule has 0 aliphatic heterocycles. The van der Waals surface area contributed by atoms with E-state index in [1.807, 2.05) is 22.8 Å². The van der Waals surface area contributed by atoms with Gasteiger partial charge in [-0.3, -0.25) is 4.57 Å². The summed E-state index contributed by atoms with van der Waals surface area (Å²) >= 11 is 0. The van der Waals surface area contributed by atoms with Crippen molar-refractivity contribution in [2.24, 2.45) is 0 Å². The number of hydrogen-bond acceptors (Lipinski definition) is 5. The van der Waals surface area contributed by atoms with E-state index in [1.165, 1.54) is 18.2 Å². The Morgan fingerprint density at radius 1 is 1.03 bits per heavy atom. The molecule has 2 aromatic heterocycles. The Balaban J connectivity index is 1.59. The molecule has 2 aromatic carbocycles. The van der Waals surface area contributed by atoms with Crippen LogP contribution in [-0.2, 0) is 9.84 Å². The smallest absolute Gasteiger partial charge is 0.187 e. The second-order valence-corrected chi connectivity index (χ2v) is 9.40. The SMILES string of the molecule is CCS(=O)(=O)c1ccc(-c2cc(-c3cnnc4c3ncn4C3=CC=C3)ccc2F)cc1. The topological polar surface area (TPSA) is 77.7 Å². The van der Waals surface area contributed by atoms with Crippen LogP contribution >= 0.6 is 0 Å². The van der Waals surface area contributed by atoms with Crippen molar-refractivity contribution >= 4 is 26.7 Å². The number of halogens is 1. The van der Waals surface area contributed by atoms with Gasteiger partial charge in [0.05, 0.1) is 16.8 Å². The van der Waals surface area contributed by atoms with Gasteiger partial charge in [0.2, 0.25) is 0 Å². The molecule has 0 fully saturated rings. The fraction of sp³-hybridized carbons (Fsp3) is 0.0870.